The van der Waals surface area contributed by atoms with E-state index in [0.29, 0.717) is 13.2 Å². The first-order valence-electron chi connectivity index (χ1n) is 5.35. The molecule has 1 aromatic carbocycles. The Bertz CT molecular complexity index is 328. The Morgan fingerprint density at radius 2 is 2.19 bits per heavy atom. The summed E-state index contributed by atoms with van der Waals surface area (Å²) in [5, 5.41) is 3.50. The zero-order valence-corrected chi connectivity index (χ0v) is 10.9. The van der Waals surface area contributed by atoms with Crippen LogP contribution in [0.15, 0.2) is 28.7 Å². The zero-order valence-electron chi connectivity index (χ0n) is 9.33. The number of halogens is 1. The highest BCUT2D eigenvalue weighted by molar-refractivity contribution is 9.10. The van der Waals surface area contributed by atoms with Gasteiger partial charge in [0, 0.05) is 18.1 Å². The number of benzene rings is 1. The van der Waals surface area contributed by atoms with E-state index in [1.54, 1.807) is 7.11 Å². The molecule has 1 atom stereocenters. The number of ether oxygens (including phenoxy) is 2. The highest BCUT2D eigenvalue weighted by Crippen LogP contribution is 2.25. The quantitative estimate of drug-likeness (QED) is 0.920. The lowest BCUT2D eigenvalue weighted by Crippen LogP contribution is -2.54. The summed E-state index contributed by atoms with van der Waals surface area (Å²) in [4.78, 5) is 0. The average molecular weight is 286 g/mol. The molecule has 1 aliphatic heterocycles. The molecule has 88 valence electrons. The molecule has 1 aromatic rings. The van der Waals surface area contributed by atoms with Crippen molar-refractivity contribution in [1.82, 2.24) is 5.32 Å². The van der Waals surface area contributed by atoms with Crippen molar-refractivity contribution in [3.05, 3.63) is 34.3 Å². The van der Waals surface area contributed by atoms with Crippen LogP contribution in [0.3, 0.4) is 0 Å². The van der Waals surface area contributed by atoms with Gasteiger partial charge in [0.2, 0.25) is 0 Å². The van der Waals surface area contributed by atoms with Crippen molar-refractivity contribution >= 4 is 15.9 Å². The second-order valence-electron chi connectivity index (χ2n) is 4.00. The Balaban J connectivity index is 2.26. The molecule has 1 N–H and O–H groups in total. The topological polar surface area (TPSA) is 30.5 Å². The van der Waals surface area contributed by atoms with Gasteiger partial charge in [-0.2, -0.15) is 0 Å². The molecule has 1 saturated heterocycles. The minimum atomic E-state index is -0.201. The lowest BCUT2D eigenvalue weighted by molar-refractivity contribution is -0.0147. The Morgan fingerprint density at radius 3 is 2.75 bits per heavy atom. The molecular weight excluding hydrogens is 270 g/mol. The molecule has 0 aromatic heterocycles. The minimum Gasteiger partial charge on any atom is -0.382 e. The molecular formula is C12H16BrNO2. The van der Waals surface area contributed by atoms with Crippen molar-refractivity contribution in [3.63, 3.8) is 0 Å². The SMILES string of the molecule is COCC1(c2ccc(Br)cc2)COCCN1. The van der Waals surface area contributed by atoms with Gasteiger partial charge in [-0.3, -0.25) is 0 Å². The molecule has 1 heterocycles. The molecule has 0 amide bonds. The van der Waals surface area contributed by atoms with E-state index >= 15 is 0 Å². The zero-order chi connectivity index (χ0) is 11.4. The largest absolute Gasteiger partial charge is 0.382 e. The molecule has 0 radical (unpaired) electrons. The van der Waals surface area contributed by atoms with E-state index in [4.69, 9.17) is 9.47 Å². The molecule has 3 nitrogen and oxygen atoms in total. The predicted molar refractivity (Wildman–Crippen MR) is 66.5 cm³/mol. The number of hydrogen-bond acceptors (Lipinski definition) is 3. The summed E-state index contributed by atoms with van der Waals surface area (Å²) >= 11 is 3.44. The molecule has 0 aliphatic carbocycles. The van der Waals surface area contributed by atoms with Crippen LogP contribution < -0.4 is 5.32 Å². The lowest BCUT2D eigenvalue weighted by atomic mass is 9.90. The van der Waals surface area contributed by atoms with E-state index in [0.717, 1.165) is 17.6 Å². The second kappa shape index (κ2) is 5.27. The normalized spacial score (nSPS) is 25.6. The van der Waals surface area contributed by atoms with Crippen molar-refractivity contribution in [3.8, 4) is 0 Å². The first-order valence-corrected chi connectivity index (χ1v) is 6.14. The fraction of sp³-hybridized carbons (Fsp3) is 0.500. The number of hydrogen-bond donors (Lipinski definition) is 1. The maximum Gasteiger partial charge on any atom is 0.0909 e. The minimum absolute atomic E-state index is 0.201. The molecule has 1 aliphatic rings. The van der Waals surface area contributed by atoms with Gasteiger partial charge in [-0.05, 0) is 17.7 Å². The number of nitrogens with one attached hydrogen (secondary N) is 1. The van der Waals surface area contributed by atoms with Crippen molar-refractivity contribution in [2.24, 2.45) is 0 Å². The summed E-state index contributed by atoms with van der Waals surface area (Å²) in [5.74, 6) is 0. The van der Waals surface area contributed by atoms with Crippen LogP contribution in [0.4, 0.5) is 0 Å². The standard InChI is InChI=1S/C12H16BrNO2/c1-15-8-12(9-16-7-6-14-12)10-2-4-11(13)5-3-10/h2-5,14H,6-9H2,1H3. The van der Waals surface area contributed by atoms with Gasteiger partial charge in [0.1, 0.15) is 0 Å². The lowest BCUT2D eigenvalue weighted by Gasteiger charge is -2.38. The summed E-state index contributed by atoms with van der Waals surface area (Å²) in [6, 6.07) is 8.29. The highest BCUT2D eigenvalue weighted by atomic mass is 79.9. The van der Waals surface area contributed by atoms with E-state index in [2.05, 4.69) is 33.4 Å². The van der Waals surface area contributed by atoms with Gasteiger partial charge in [0.15, 0.2) is 0 Å². The van der Waals surface area contributed by atoms with Crippen molar-refractivity contribution < 1.29 is 9.47 Å². The molecule has 2 rings (SSSR count). The molecule has 1 fully saturated rings. The number of morpholine rings is 1. The van der Waals surface area contributed by atoms with Crippen molar-refractivity contribution in [1.29, 1.82) is 0 Å². The first-order chi connectivity index (χ1) is 7.77. The van der Waals surface area contributed by atoms with Gasteiger partial charge in [0.05, 0.1) is 25.4 Å². The van der Waals surface area contributed by atoms with Crippen LogP contribution in [-0.4, -0.2) is 33.5 Å². The van der Waals surface area contributed by atoms with Crippen LogP contribution in [0.5, 0.6) is 0 Å². The fourth-order valence-electron chi connectivity index (χ4n) is 2.04. The third-order valence-electron chi connectivity index (χ3n) is 2.85. The van der Waals surface area contributed by atoms with Gasteiger partial charge in [-0.25, -0.2) is 0 Å². The van der Waals surface area contributed by atoms with E-state index in [1.165, 1.54) is 5.56 Å². The maximum atomic E-state index is 5.57. The molecule has 4 heteroatoms. The third-order valence-corrected chi connectivity index (χ3v) is 3.37. The van der Waals surface area contributed by atoms with Crippen LogP contribution in [0, 0.1) is 0 Å². The Labute approximate surface area is 104 Å². The monoisotopic (exact) mass is 285 g/mol. The summed E-state index contributed by atoms with van der Waals surface area (Å²) < 4.78 is 12.0. The highest BCUT2D eigenvalue weighted by Gasteiger charge is 2.34. The van der Waals surface area contributed by atoms with E-state index in [-0.39, 0.29) is 5.54 Å². The van der Waals surface area contributed by atoms with Gasteiger partial charge in [-0.15, -0.1) is 0 Å². The second-order valence-corrected chi connectivity index (χ2v) is 4.92. The van der Waals surface area contributed by atoms with E-state index < -0.39 is 0 Å². The van der Waals surface area contributed by atoms with Crippen molar-refractivity contribution in [2.75, 3.05) is 33.5 Å². The predicted octanol–water partition coefficient (Wildman–Crippen LogP) is 1.91. The molecule has 0 bridgehead atoms. The van der Waals surface area contributed by atoms with Crippen LogP contribution in [0.25, 0.3) is 0 Å². The van der Waals surface area contributed by atoms with Gasteiger partial charge >= 0.3 is 0 Å². The Morgan fingerprint density at radius 1 is 1.44 bits per heavy atom. The first kappa shape index (κ1) is 12.0. The maximum absolute atomic E-state index is 5.57. The molecule has 1 unspecified atom stereocenters. The average Bonchev–Trinajstić information content (AvgIpc) is 2.31. The number of methoxy groups -OCH3 is 1. The Hall–Kier alpha value is -0.420. The van der Waals surface area contributed by atoms with Crippen LogP contribution >= 0.6 is 15.9 Å². The van der Waals surface area contributed by atoms with Gasteiger partial charge < -0.3 is 14.8 Å². The van der Waals surface area contributed by atoms with E-state index in [9.17, 15) is 0 Å². The summed E-state index contributed by atoms with van der Waals surface area (Å²) in [7, 11) is 1.72. The van der Waals surface area contributed by atoms with Gasteiger partial charge in [0.25, 0.3) is 0 Å². The van der Waals surface area contributed by atoms with E-state index in [1.807, 2.05) is 12.1 Å². The van der Waals surface area contributed by atoms with Crippen LogP contribution in [0.2, 0.25) is 0 Å². The van der Waals surface area contributed by atoms with Crippen LogP contribution in [0.1, 0.15) is 5.56 Å². The fourth-order valence-corrected chi connectivity index (χ4v) is 2.30. The van der Waals surface area contributed by atoms with Gasteiger partial charge in [-0.1, -0.05) is 28.1 Å². The molecule has 0 saturated carbocycles. The third kappa shape index (κ3) is 2.46. The van der Waals surface area contributed by atoms with Crippen LogP contribution in [-0.2, 0) is 15.0 Å². The Kier molecular flexibility index (Phi) is 3.97. The summed E-state index contributed by atoms with van der Waals surface area (Å²) in [6.07, 6.45) is 0. The smallest absolute Gasteiger partial charge is 0.0909 e. The summed E-state index contributed by atoms with van der Waals surface area (Å²) in [6.45, 7) is 2.90. The molecule has 0 spiro atoms. The van der Waals surface area contributed by atoms with Crippen molar-refractivity contribution in [2.45, 2.75) is 5.54 Å². The molecule has 16 heavy (non-hydrogen) atoms. The summed E-state index contributed by atoms with van der Waals surface area (Å²) in [5.41, 5.74) is 1.01. The number of rotatable bonds is 3.